The highest BCUT2D eigenvalue weighted by Gasteiger charge is 2.21. The number of sulfonamides is 1. The van der Waals surface area contributed by atoms with Crippen molar-refractivity contribution in [3.63, 3.8) is 0 Å². The minimum Gasteiger partial charge on any atom is -0.363 e. The molecule has 0 unspecified atom stereocenters. The zero-order chi connectivity index (χ0) is 20.1. The molecular weight excluding hydrogens is 541 g/mol. The molecule has 0 saturated carbocycles. The maximum Gasteiger partial charge on any atom is 0.252 e. The normalized spacial score (nSPS) is 16.0. The van der Waals surface area contributed by atoms with Crippen LogP contribution in [0.5, 0.6) is 0 Å². The van der Waals surface area contributed by atoms with Crippen molar-refractivity contribution in [3.05, 3.63) is 34.5 Å². The van der Waals surface area contributed by atoms with Crippen molar-refractivity contribution >= 4 is 67.6 Å². The minimum atomic E-state index is -3.37. The topological polar surface area (TPSA) is 77.0 Å². The van der Waals surface area contributed by atoms with E-state index in [1.807, 2.05) is 6.07 Å². The number of nitrogens with one attached hydrogen (secondary N) is 2. The molecule has 1 aliphatic heterocycles. The van der Waals surface area contributed by atoms with Gasteiger partial charge in [0.15, 0.2) is 5.96 Å². The summed E-state index contributed by atoms with van der Waals surface area (Å²) in [5.74, 6) is 0.750. The number of thiophene rings is 2. The lowest BCUT2D eigenvalue weighted by Crippen LogP contribution is -2.48. The first-order chi connectivity index (χ1) is 13.4. The summed E-state index contributed by atoms with van der Waals surface area (Å²) >= 11 is 3.07. The molecule has 0 amide bonds. The number of rotatable bonds is 6. The summed E-state index contributed by atoms with van der Waals surface area (Å²) < 4.78 is 26.0. The van der Waals surface area contributed by atoms with E-state index in [0.29, 0.717) is 16.8 Å². The largest absolute Gasteiger partial charge is 0.363 e. The smallest absolute Gasteiger partial charge is 0.252 e. The van der Waals surface area contributed by atoms with Gasteiger partial charge in [0.2, 0.25) is 0 Å². The van der Waals surface area contributed by atoms with Crippen LogP contribution >= 0.6 is 46.7 Å². The highest BCUT2D eigenvalue weighted by atomic mass is 127. The molecular formula is C18H28IN5O2S3. The molecule has 7 nitrogen and oxygen atoms in total. The predicted octanol–water partition coefficient (Wildman–Crippen LogP) is 3.01. The zero-order valence-electron chi connectivity index (χ0n) is 16.8. The van der Waals surface area contributed by atoms with Crippen LogP contribution in [0.2, 0.25) is 0 Å². The van der Waals surface area contributed by atoms with Crippen molar-refractivity contribution in [1.82, 2.24) is 14.9 Å². The molecule has 0 spiro atoms. The van der Waals surface area contributed by atoms with Crippen LogP contribution in [-0.4, -0.2) is 59.0 Å². The summed E-state index contributed by atoms with van der Waals surface area (Å²) in [6.07, 6.45) is 2.12. The molecule has 11 heteroatoms. The molecule has 2 aromatic rings. The summed E-state index contributed by atoms with van der Waals surface area (Å²) in [6, 6.07) is 8.16. The first kappa shape index (κ1) is 24.4. The number of aliphatic imine (C=N–C) groups is 1. The molecule has 1 fully saturated rings. The molecule has 1 saturated heterocycles. The van der Waals surface area contributed by atoms with E-state index in [0.717, 1.165) is 36.8 Å². The van der Waals surface area contributed by atoms with Crippen LogP contribution < -0.4 is 15.5 Å². The van der Waals surface area contributed by atoms with Crippen molar-refractivity contribution in [1.29, 1.82) is 0 Å². The van der Waals surface area contributed by atoms with Gasteiger partial charge in [0.1, 0.15) is 4.21 Å². The number of guanidine groups is 1. The van der Waals surface area contributed by atoms with E-state index in [4.69, 9.17) is 0 Å². The van der Waals surface area contributed by atoms with Gasteiger partial charge in [-0.25, -0.2) is 12.7 Å². The molecule has 0 radical (unpaired) electrons. The van der Waals surface area contributed by atoms with Crippen molar-refractivity contribution in [2.24, 2.45) is 4.99 Å². The van der Waals surface area contributed by atoms with Crippen LogP contribution in [0.15, 0.2) is 38.8 Å². The second-order valence-corrected chi connectivity index (χ2v) is 11.3. The molecule has 0 aliphatic carbocycles. The highest BCUT2D eigenvalue weighted by Crippen LogP contribution is 2.25. The number of halogens is 1. The first-order valence-electron chi connectivity index (χ1n) is 9.17. The van der Waals surface area contributed by atoms with Gasteiger partial charge in [-0.3, -0.25) is 4.99 Å². The summed E-state index contributed by atoms with van der Waals surface area (Å²) in [6.45, 7) is 2.61. The van der Waals surface area contributed by atoms with Crippen LogP contribution in [0.1, 0.15) is 17.7 Å². The van der Waals surface area contributed by atoms with Gasteiger partial charge in [0.05, 0.1) is 11.5 Å². The lowest BCUT2D eigenvalue weighted by molar-refractivity contribution is 0.463. The van der Waals surface area contributed by atoms with Crippen LogP contribution in [0.4, 0.5) is 5.00 Å². The van der Waals surface area contributed by atoms with Crippen molar-refractivity contribution < 1.29 is 8.42 Å². The fraction of sp³-hybridized carbons (Fsp3) is 0.500. The highest BCUT2D eigenvalue weighted by molar-refractivity contribution is 14.0. The Bertz CT molecular complexity index is 889. The van der Waals surface area contributed by atoms with Gasteiger partial charge in [-0.15, -0.1) is 46.7 Å². The second kappa shape index (κ2) is 10.9. The van der Waals surface area contributed by atoms with Crippen molar-refractivity contribution in [2.45, 2.75) is 29.6 Å². The molecule has 3 rings (SSSR count). The zero-order valence-corrected chi connectivity index (χ0v) is 21.6. The summed E-state index contributed by atoms with van der Waals surface area (Å²) in [5.41, 5.74) is 0. The summed E-state index contributed by atoms with van der Waals surface area (Å²) in [5, 5.41) is 10.2. The number of piperidine rings is 1. The van der Waals surface area contributed by atoms with Crippen LogP contribution in [-0.2, 0) is 16.6 Å². The fourth-order valence-corrected chi connectivity index (χ4v) is 6.27. The van der Waals surface area contributed by atoms with Crippen molar-refractivity contribution in [2.75, 3.05) is 39.1 Å². The van der Waals surface area contributed by atoms with Gasteiger partial charge in [-0.05, 0) is 42.5 Å². The van der Waals surface area contributed by atoms with Gasteiger partial charge >= 0.3 is 0 Å². The Hall–Kier alpha value is -0.890. The van der Waals surface area contributed by atoms with Gasteiger partial charge < -0.3 is 15.5 Å². The van der Waals surface area contributed by atoms with E-state index in [-0.39, 0.29) is 24.0 Å². The molecule has 2 N–H and O–H groups in total. The van der Waals surface area contributed by atoms with Gasteiger partial charge in [-0.2, -0.15) is 0 Å². The Kier molecular flexibility index (Phi) is 9.19. The fourth-order valence-electron chi connectivity index (χ4n) is 3.02. The van der Waals surface area contributed by atoms with E-state index in [9.17, 15) is 8.42 Å². The van der Waals surface area contributed by atoms with Gasteiger partial charge in [-0.1, -0.05) is 0 Å². The van der Waals surface area contributed by atoms with E-state index in [1.165, 1.54) is 20.6 Å². The molecule has 162 valence electrons. The van der Waals surface area contributed by atoms with Crippen molar-refractivity contribution in [3.8, 4) is 0 Å². The Morgan fingerprint density at radius 1 is 1.28 bits per heavy atom. The molecule has 0 bridgehead atoms. The third-order valence-electron chi connectivity index (χ3n) is 4.68. The van der Waals surface area contributed by atoms with E-state index < -0.39 is 10.0 Å². The molecule has 3 heterocycles. The summed E-state index contributed by atoms with van der Waals surface area (Å²) in [7, 11) is 1.47. The van der Waals surface area contributed by atoms with E-state index >= 15 is 0 Å². The standard InChI is InChI=1S/C18H27N5O2S3.HI/c1-19-18(20-13-15-6-7-17(27-15)28(24,25)22(2)3)21-14-8-10-23(11-9-14)16-5-4-12-26-16;/h4-7,12,14H,8-11,13H2,1-3H3,(H2,19,20,21);1H. The average Bonchev–Trinajstić information content (AvgIpc) is 3.37. The molecule has 0 aromatic carbocycles. The SMILES string of the molecule is CN=C(NCc1ccc(S(=O)(=O)N(C)C)s1)NC1CCN(c2cccs2)CC1.I. The Morgan fingerprint density at radius 2 is 2.00 bits per heavy atom. The van der Waals surface area contributed by atoms with E-state index in [2.05, 4.69) is 38.0 Å². The molecule has 2 aromatic heterocycles. The second-order valence-electron chi connectivity index (χ2n) is 6.79. The van der Waals surface area contributed by atoms with Crippen LogP contribution in [0.3, 0.4) is 0 Å². The van der Waals surface area contributed by atoms with Crippen LogP contribution in [0, 0.1) is 0 Å². The molecule has 0 atom stereocenters. The third-order valence-corrected chi connectivity index (χ3v) is 8.98. The third kappa shape index (κ3) is 6.29. The maximum absolute atomic E-state index is 12.2. The number of hydrogen-bond acceptors (Lipinski definition) is 6. The number of hydrogen-bond donors (Lipinski definition) is 2. The summed E-state index contributed by atoms with van der Waals surface area (Å²) in [4.78, 5) is 7.69. The number of anilines is 1. The Morgan fingerprint density at radius 3 is 2.59 bits per heavy atom. The average molecular weight is 570 g/mol. The van der Waals surface area contributed by atoms with Crippen LogP contribution in [0.25, 0.3) is 0 Å². The minimum absolute atomic E-state index is 0. The Balaban J connectivity index is 0.00000300. The van der Waals surface area contributed by atoms with Gasteiger partial charge in [0, 0.05) is 45.2 Å². The first-order valence-corrected chi connectivity index (χ1v) is 12.3. The predicted molar refractivity (Wildman–Crippen MR) is 133 cm³/mol. The van der Waals surface area contributed by atoms with Gasteiger partial charge in [0.25, 0.3) is 10.0 Å². The Labute approximate surface area is 198 Å². The maximum atomic E-state index is 12.2. The molecule has 29 heavy (non-hydrogen) atoms. The lowest BCUT2D eigenvalue weighted by Gasteiger charge is -2.33. The number of nitrogens with zero attached hydrogens (tertiary/aromatic N) is 3. The van der Waals surface area contributed by atoms with E-state index in [1.54, 1.807) is 38.5 Å². The quantitative estimate of drug-likeness (QED) is 0.318. The monoisotopic (exact) mass is 569 g/mol. The molecule has 1 aliphatic rings. The lowest BCUT2D eigenvalue weighted by atomic mass is 10.1.